The molecule has 25 atom stereocenters. The molecule has 0 spiro atoms. The summed E-state index contributed by atoms with van der Waals surface area (Å²) >= 11 is 0. The Morgan fingerprint density at radius 2 is 1.52 bits per heavy atom. The molecular weight excluding hydrogens is 1090 g/mol. The van der Waals surface area contributed by atoms with Gasteiger partial charge in [0.2, 0.25) is 0 Å². The van der Waals surface area contributed by atoms with Gasteiger partial charge in [0.1, 0.15) is 24.9 Å². The van der Waals surface area contributed by atoms with Crippen LogP contribution in [0.3, 0.4) is 0 Å². The van der Waals surface area contributed by atoms with Gasteiger partial charge in [0.25, 0.3) is 5.91 Å². The predicted octanol–water partition coefficient (Wildman–Crippen LogP) is 6.91. The Morgan fingerprint density at radius 3 is 2.17 bits per heavy atom. The fourth-order valence-corrected chi connectivity index (χ4v) is 16.8. The molecule has 1 amide bonds. The van der Waals surface area contributed by atoms with Crippen LogP contribution in [0.15, 0.2) is 29.0 Å². The molecular formula is C64H106FN3O16. The number of ether oxygens (including phenoxy) is 7. The lowest BCUT2D eigenvalue weighted by molar-refractivity contribution is -0.319. The SMILES string of the molecule is CC[C@@H]1OC(=O)[C@H](C)[C@@H](OC2C[C@@](C)(OC)[C@@H](O)[C@H](C)O2)[C@H](C)[C@@H](O[C@@H]2O[C@H](C)C[C@H](N(C)C)[C@H]2O)[C@](C)(OC)C[C@@H](C)/C(=N/OCCCCCNC(=O)[C@@]2(O)[C@H](C)CC3C4CCC5=CC(=O)C=C[C@]5(C)[C@@]4(F)[C@@H](O)C[C@]32C)[C@H](C)C[C@]1(C)O. The second-order valence-corrected chi connectivity index (χ2v) is 28.1. The van der Waals surface area contributed by atoms with Crippen molar-refractivity contribution in [2.24, 2.45) is 57.4 Å². The minimum absolute atomic E-state index is 0.105. The Hall–Kier alpha value is -2.99. The van der Waals surface area contributed by atoms with E-state index in [-0.39, 0.29) is 68.6 Å². The number of hydrogen-bond acceptors (Lipinski definition) is 18. The van der Waals surface area contributed by atoms with Gasteiger partial charge in [0.15, 0.2) is 29.6 Å². The van der Waals surface area contributed by atoms with E-state index in [9.17, 15) is 39.9 Å². The van der Waals surface area contributed by atoms with E-state index in [1.807, 2.05) is 74.4 Å². The third kappa shape index (κ3) is 12.6. The molecule has 0 radical (unpaired) electrons. The first-order valence-electron chi connectivity index (χ1n) is 31.3. The molecule has 6 fully saturated rings. The number of allylic oxidation sites excluding steroid dienone is 4. The molecule has 3 unspecified atom stereocenters. The Balaban J connectivity index is 1.08. The zero-order valence-electron chi connectivity index (χ0n) is 53.5. The summed E-state index contributed by atoms with van der Waals surface area (Å²) < 4.78 is 63.2. The number of cyclic esters (lactones) is 1. The fraction of sp³-hybridized carbons (Fsp3) is 0.875. The summed E-state index contributed by atoms with van der Waals surface area (Å²) in [6, 6.07) is -0.303. The van der Waals surface area contributed by atoms with Gasteiger partial charge in [-0.1, -0.05) is 58.3 Å². The number of esters is 1. The van der Waals surface area contributed by atoms with Crippen LogP contribution >= 0.6 is 0 Å². The molecule has 20 heteroatoms. The molecule has 3 saturated carbocycles. The molecule has 3 heterocycles. The van der Waals surface area contributed by atoms with E-state index in [0.29, 0.717) is 62.7 Å². The van der Waals surface area contributed by atoms with Crippen molar-refractivity contribution in [1.29, 1.82) is 0 Å². The standard InChI is InChI=1S/C64H106FN3O16/c1-18-48-60(11,75)31-35(2)50(67-79-27-21-19-20-26-66-57(74)64(76)37(4)28-45-44-23-22-42-30-43(69)24-25-58(42,9)63(44,65)47(70)33-59(45,64)10)36(3)32-62(13,78-17)54(84-56-51(71)46(68(14)15)29-38(5)80-56)39(6)52(40(7)55(73)82-48)83-49-34-61(12,77-16)53(72)41(8)81-49/h24-25,30,35-41,44-49,51-54,56,70-72,75-76H,18-23,26-29,31-34H2,1-17H3,(H,66,74)/b67-50+/t35-,36-,37-,38-,39+,40-,41+,44?,45?,46+,47+,48+,49?,51-,52+,53+,54-,56+,58+,59-,60+,61-,62-,63+,64+/m1/s1. The Labute approximate surface area is 499 Å². The van der Waals surface area contributed by atoms with Crippen LogP contribution in [0.4, 0.5) is 4.39 Å². The van der Waals surface area contributed by atoms with Gasteiger partial charge in [0, 0.05) is 67.7 Å². The number of aliphatic hydroxyl groups is 5. The molecule has 7 rings (SSSR count). The maximum Gasteiger partial charge on any atom is 0.311 e. The number of fused-ring (bicyclic) bond motifs is 5. The van der Waals surface area contributed by atoms with E-state index in [4.69, 9.17) is 43.2 Å². The van der Waals surface area contributed by atoms with Gasteiger partial charge in [-0.3, -0.25) is 14.4 Å². The number of nitrogens with one attached hydrogen (secondary N) is 1. The van der Waals surface area contributed by atoms with Crippen molar-refractivity contribution in [3.63, 3.8) is 0 Å². The lowest BCUT2D eigenvalue weighted by Crippen LogP contribution is -2.70. The number of oxime groups is 1. The van der Waals surface area contributed by atoms with Gasteiger partial charge in [0.05, 0.1) is 59.0 Å². The number of carbonyl (C=O) groups excluding carboxylic acids is 3. The molecule has 3 aliphatic heterocycles. The highest BCUT2D eigenvalue weighted by Crippen LogP contribution is 2.70. The van der Waals surface area contributed by atoms with Crippen molar-refractivity contribution in [2.45, 2.75) is 263 Å². The van der Waals surface area contributed by atoms with Crippen LogP contribution in [-0.4, -0.2) is 191 Å². The van der Waals surface area contributed by atoms with Gasteiger partial charge in [-0.25, -0.2) is 4.39 Å². The quantitative estimate of drug-likeness (QED) is 0.0522. The minimum atomic E-state index is -2.07. The number of methoxy groups -OCH3 is 2. The summed E-state index contributed by atoms with van der Waals surface area (Å²) in [5, 5.41) is 67.6. The Morgan fingerprint density at radius 1 is 0.857 bits per heavy atom. The first-order chi connectivity index (χ1) is 39.1. The van der Waals surface area contributed by atoms with Gasteiger partial charge < -0.3 is 73.7 Å². The van der Waals surface area contributed by atoms with Crippen LogP contribution in [0.25, 0.3) is 0 Å². The van der Waals surface area contributed by atoms with Gasteiger partial charge in [-0.2, -0.15) is 0 Å². The summed E-state index contributed by atoms with van der Waals surface area (Å²) in [5.74, 6) is -5.31. The maximum absolute atomic E-state index is 17.8. The highest BCUT2D eigenvalue weighted by Gasteiger charge is 2.76. The zero-order valence-corrected chi connectivity index (χ0v) is 53.5. The van der Waals surface area contributed by atoms with Crippen LogP contribution in [0.5, 0.6) is 0 Å². The normalized spacial score (nSPS) is 48.1. The van der Waals surface area contributed by atoms with E-state index in [2.05, 4.69) is 5.32 Å². The second-order valence-electron chi connectivity index (χ2n) is 28.1. The van der Waals surface area contributed by atoms with E-state index in [0.717, 1.165) is 0 Å². The number of likely N-dealkylation sites (N-methyl/N-ethyl adjacent to an activating group) is 1. The summed E-state index contributed by atoms with van der Waals surface area (Å²) in [6.45, 7) is 24.4. The molecule has 6 N–H and O–H groups in total. The molecule has 480 valence electrons. The molecule has 3 saturated heterocycles. The summed E-state index contributed by atoms with van der Waals surface area (Å²) in [7, 11) is 6.91. The number of carbonyl (C=O) groups is 3. The second kappa shape index (κ2) is 26.2. The van der Waals surface area contributed by atoms with Crippen LogP contribution in [0, 0.1) is 52.3 Å². The van der Waals surface area contributed by atoms with Gasteiger partial charge >= 0.3 is 5.97 Å². The van der Waals surface area contributed by atoms with Crippen LogP contribution in [0.2, 0.25) is 0 Å². The van der Waals surface area contributed by atoms with Crippen molar-refractivity contribution in [1.82, 2.24) is 10.2 Å². The number of rotatable bonds is 16. The van der Waals surface area contributed by atoms with Gasteiger partial charge in [-0.15, -0.1) is 0 Å². The number of alkyl halides is 1. The molecule has 0 bridgehead atoms. The summed E-state index contributed by atoms with van der Waals surface area (Å²) in [4.78, 5) is 49.4. The largest absolute Gasteiger partial charge is 0.459 e. The minimum Gasteiger partial charge on any atom is -0.459 e. The number of aliphatic hydroxyl groups excluding tert-OH is 3. The monoisotopic (exact) mass is 1190 g/mol. The lowest BCUT2D eigenvalue weighted by atomic mass is 9.44. The highest BCUT2D eigenvalue weighted by atomic mass is 19.1. The number of hydrogen-bond donors (Lipinski definition) is 6. The zero-order chi connectivity index (χ0) is 62.4. The fourth-order valence-electron chi connectivity index (χ4n) is 16.8. The van der Waals surface area contributed by atoms with Crippen molar-refractivity contribution < 1.29 is 82.3 Å². The Kier molecular flexibility index (Phi) is 21.4. The van der Waals surface area contributed by atoms with Crippen molar-refractivity contribution in [3.05, 3.63) is 23.8 Å². The van der Waals surface area contributed by atoms with Crippen molar-refractivity contribution in [2.75, 3.05) is 41.5 Å². The van der Waals surface area contributed by atoms with E-state index in [1.165, 1.54) is 19.3 Å². The maximum atomic E-state index is 17.8. The number of nitrogens with zero attached hydrogens (tertiary/aromatic N) is 2. The number of unbranched alkanes of at least 4 members (excludes halogenated alkanes) is 2. The molecule has 0 aromatic rings. The third-order valence-electron chi connectivity index (χ3n) is 22.0. The molecule has 0 aromatic carbocycles. The average Bonchev–Trinajstić information content (AvgIpc) is 1.35. The van der Waals surface area contributed by atoms with E-state index < -0.39 is 136 Å². The predicted molar refractivity (Wildman–Crippen MR) is 313 cm³/mol. The molecule has 7 aliphatic rings. The average molecular weight is 1190 g/mol. The van der Waals surface area contributed by atoms with Crippen LogP contribution in [0.1, 0.15) is 167 Å². The Bertz CT molecular complexity index is 2410. The summed E-state index contributed by atoms with van der Waals surface area (Å²) in [5.41, 5.74) is -8.67. The number of amides is 1. The van der Waals surface area contributed by atoms with Crippen molar-refractivity contribution >= 4 is 23.4 Å². The molecule has 4 aliphatic carbocycles. The number of ketones is 1. The van der Waals surface area contributed by atoms with E-state index in [1.54, 1.807) is 47.8 Å². The van der Waals surface area contributed by atoms with Crippen LogP contribution in [-0.2, 0) is 52.4 Å². The number of halogens is 1. The van der Waals surface area contributed by atoms with E-state index >= 15 is 4.39 Å². The topological polar surface area (TPSA) is 254 Å². The van der Waals surface area contributed by atoms with Crippen LogP contribution < -0.4 is 5.32 Å². The van der Waals surface area contributed by atoms with Gasteiger partial charge in [-0.05, 0) is 157 Å². The smallest absolute Gasteiger partial charge is 0.311 e. The first-order valence-corrected chi connectivity index (χ1v) is 31.3. The lowest BCUT2D eigenvalue weighted by Gasteiger charge is -2.62. The third-order valence-corrected chi connectivity index (χ3v) is 22.0. The molecule has 84 heavy (non-hydrogen) atoms. The first kappa shape index (κ1) is 68.5. The highest BCUT2D eigenvalue weighted by molar-refractivity contribution is 6.01. The molecule has 0 aromatic heterocycles. The molecule has 19 nitrogen and oxygen atoms in total. The summed E-state index contributed by atoms with van der Waals surface area (Å²) in [6.07, 6.45) is -0.548. The van der Waals surface area contributed by atoms with Crippen molar-refractivity contribution in [3.8, 4) is 0 Å².